The first-order chi connectivity index (χ1) is 13.4. The molecule has 0 amide bonds. The van der Waals surface area contributed by atoms with Crippen molar-refractivity contribution in [3.63, 3.8) is 0 Å². The molecule has 0 spiro atoms. The Bertz CT molecular complexity index is 861. The molecule has 2 radical (unpaired) electrons. The van der Waals surface area contributed by atoms with Crippen LogP contribution in [0.25, 0.3) is 0 Å². The van der Waals surface area contributed by atoms with E-state index in [-0.39, 0.29) is 0 Å². The van der Waals surface area contributed by atoms with Gasteiger partial charge in [-0.15, -0.1) is 0 Å². The summed E-state index contributed by atoms with van der Waals surface area (Å²) in [5, 5.41) is 5.03. The molecular weight excluding hydrogens is 360 g/mol. The maximum absolute atomic E-state index is 6.94. The van der Waals surface area contributed by atoms with Crippen LogP contribution in [0, 0.1) is 0 Å². The molecule has 0 saturated heterocycles. The number of hydrogen-bond donors (Lipinski definition) is 0. The van der Waals surface area contributed by atoms with Crippen molar-refractivity contribution in [1.82, 2.24) is 0 Å². The summed E-state index contributed by atoms with van der Waals surface area (Å²) in [7, 11) is -2.30. The van der Waals surface area contributed by atoms with E-state index in [1.54, 1.807) is 0 Å². The van der Waals surface area contributed by atoms with Gasteiger partial charge in [0.25, 0.3) is 18.1 Å². The Balaban J connectivity index is 1.89. The molecule has 0 aromatic heterocycles. The Morgan fingerprint density at radius 3 is 1.15 bits per heavy atom. The molecule has 130 valence electrons. The van der Waals surface area contributed by atoms with Gasteiger partial charge in [-0.1, -0.05) is 121 Å². The predicted octanol–water partition coefficient (Wildman–Crippen LogP) is 2.61. The quantitative estimate of drug-likeness (QED) is 0.369. The van der Waals surface area contributed by atoms with Gasteiger partial charge >= 0.3 is 0 Å². The van der Waals surface area contributed by atoms with Crippen molar-refractivity contribution in [2.45, 2.75) is 0 Å². The minimum atomic E-state index is -2.59. The average Bonchev–Trinajstić information content (AvgIpc) is 2.77. The Kier molecular flexibility index (Phi) is 5.44. The molecule has 0 heterocycles. The van der Waals surface area contributed by atoms with E-state index in [4.69, 9.17) is 4.12 Å². The van der Waals surface area contributed by atoms with E-state index in [1.165, 1.54) is 20.7 Å². The van der Waals surface area contributed by atoms with Crippen molar-refractivity contribution in [1.29, 1.82) is 0 Å². The average molecular weight is 381 g/mol. The zero-order chi connectivity index (χ0) is 18.4. The summed E-state index contributed by atoms with van der Waals surface area (Å²) in [5.41, 5.74) is 0. The van der Waals surface area contributed by atoms with Gasteiger partial charge in [0.05, 0.1) is 0 Å². The van der Waals surface area contributed by atoms with Gasteiger partial charge in [0, 0.05) is 0 Å². The largest absolute Gasteiger partial charge is 0.442 e. The lowest BCUT2D eigenvalue weighted by Gasteiger charge is -2.33. The van der Waals surface area contributed by atoms with Crippen LogP contribution in [-0.2, 0) is 4.12 Å². The fourth-order valence-corrected chi connectivity index (χ4v) is 9.15. The monoisotopic (exact) mass is 380 g/mol. The summed E-state index contributed by atoms with van der Waals surface area (Å²) >= 11 is 0. The van der Waals surface area contributed by atoms with Crippen LogP contribution in [0.5, 0.6) is 0 Å². The maximum Gasteiger partial charge on any atom is 0.278 e. The first-order valence-corrected chi connectivity index (χ1v) is 11.9. The van der Waals surface area contributed by atoms with Crippen LogP contribution in [0.3, 0.4) is 0 Å². The minimum absolute atomic E-state index is 0.294. The highest BCUT2D eigenvalue weighted by molar-refractivity contribution is 7.09. The summed E-state index contributed by atoms with van der Waals surface area (Å²) in [5.74, 6) is 0. The SMILES string of the molecule is c1ccc([Si]O[Si](c2ccccc2)(c2ccccc2)c2ccccc2)cc1. The number of rotatable bonds is 6. The first-order valence-electron chi connectivity index (χ1n) is 9.05. The lowest BCUT2D eigenvalue weighted by molar-refractivity contribution is 0.631. The molecule has 3 heteroatoms. The molecule has 27 heavy (non-hydrogen) atoms. The third kappa shape index (κ3) is 3.71. The second kappa shape index (κ2) is 8.31. The van der Waals surface area contributed by atoms with Crippen LogP contribution in [0.1, 0.15) is 0 Å². The van der Waals surface area contributed by atoms with Crippen molar-refractivity contribution in [2.75, 3.05) is 0 Å². The fraction of sp³-hybridized carbons (Fsp3) is 0. The highest BCUT2D eigenvalue weighted by atomic mass is 28.4. The van der Waals surface area contributed by atoms with Crippen LogP contribution < -0.4 is 20.7 Å². The predicted molar refractivity (Wildman–Crippen MR) is 117 cm³/mol. The molecule has 0 aliphatic rings. The molecule has 4 rings (SSSR count). The molecule has 4 aromatic rings. The highest BCUT2D eigenvalue weighted by Gasteiger charge is 2.41. The second-order valence-electron chi connectivity index (χ2n) is 6.35. The topological polar surface area (TPSA) is 9.23 Å². The van der Waals surface area contributed by atoms with E-state index in [9.17, 15) is 0 Å². The normalized spacial score (nSPS) is 11.3. The molecule has 0 bridgehead atoms. The molecule has 1 nitrogen and oxygen atoms in total. The van der Waals surface area contributed by atoms with Crippen LogP contribution in [0.15, 0.2) is 121 Å². The lowest BCUT2D eigenvalue weighted by atomic mass is 10.3. The Morgan fingerprint density at radius 2 is 0.778 bits per heavy atom. The van der Waals surface area contributed by atoms with Crippen molar-refractivity contribution >= 4 is 38.8 Å². The van der Waals surface area contributed by atoms with Crippen LogP contribution in [0.4, 0.5) is 0 Å². The van der Waals surface area contributed by atoms with Crippen LogP contribution in [0.2, 0.25) is 0 Å². The summed E-state index contributed by atoms with van der Waals surface area (Å²) in [6.07, 6.45) is 0. The standard InChI is InChI=1S/C24H20OSi2/c1-5-13-21(14-6-1)26-25-27(22-15-7-2-8-16-22,23-17-9-3-10-18-23)24-19-11-4-12-20-24/h1-20H. The minimum Gasteiger partial charge on any atom is -0.442 e. The maximum atomic E-state index is 6.94. The molecule has 4 aromatic carbocycles. The van der Waals surface area contributed by atoms with Crippen molar-refractivity contribution in [3.8, 4) is 0 Å². The first kappa shape index (κ1) is 17.7. The van der Waals surface area contributed by atoms with Crippen LogP contribution >= 0.6 is 0 Å². The molecule has 0 aliphatic carbocycles. The lowest BCUT2D eigenvalue weighted by Crippen LogP contribution is -2.70. The van der Waals surface area contributed by atoms with Crippen LogP contribution in [-0.4, -0.2) is 18.1 Å². The summed E-state index contributed by atoms with van der Waals surface area (Å²) in [4.78, 5) is 0. The molecule has 0 saturated carbocycles. The van der Waals surface area contributed by atoms with Gasteiger partial charge in [0.15, 0.2) is 0 Å². The molecule has 0 atom stereocenters. The van der Waals surface area contributed by atoms with E-state index in [1.807, 2.05) is 6.07 Å². The van der Waals surface area contributed by atoms with E-state index < -0.39 is 8.32 Å². The van der Waals surface area contributed by atoms with Gasteiger partial charge in [-0.3, -0.25) is 0 Å². The Morgan fingerprint density at radius 1 is 0.444 bits per heavy atom. The van der Waals surface area contributed by atoms with Gasteiger partial charge in [-0.05, 0) is 20.7 Å². The molecular formula is C24H20OSi2. The number of benzene rings is 4. The third-order valence-corrected chi connectivity index (χ3v) is 10.3. The van der Waals surface area contributed by atoms with E-state index in [0.717, 1.165) is 0 Å². The zero-order valence-electron chi connectivity index (χ0n) is 15.0. The molecule has 0 aliphatic heterocycles. The van der Waals surface area contributed by atoms with Crippen molar-refractivity contribution in [3.05, 3.63) is 121 Å². The second-order valence-corrected chi connectivity index (χ2v) is 11.0. The zero-order valence-corrected chi connectivity index (χ0v) is 17.0. The van der Waals surface area contributed by atoms with Gasteiger partial charge in [0.1, 0.15) is 0 Å². The highest BCUT2D eigenvalue weighted by Crippen LogP contribution is 2.09. The van der Waals surface area contributed by atoms with Gasteiger partial charge in [0.2, 0.25) is 0 Å². The Hall–Kier alpha value is -2.73. The van der Waals surface area contributed by atoms with Crippen molar-refractivity contribution < 1.29 is 4.12 Å². The molecule has 0 N–H and O–H groups in total. The van der Waals surface area contributed by atoms with Gasteiger partial charge < -0.3 is 4.12 Å². The summed E-state index contributed by atoms with van der Waals surface area (Å²) in [6.45, 7) is 0. The number of hydrogen-bond acceptors (Lipinski definition) is 1. The van der Waals surface area contributed by atoms with Crippen molar-refractivity contribution in [2.24, 2.45) is 0 Å². The molecule has 0 fully saturated rings. The van der Waals surface area contributed by atoms with E-state index in [2.05, 4.69) is 115 Å². The smallest absolute Gasteiger partial charge is 0.278 e. The van der Waals surface area contributed by atoms with E-state index >= 15 is 0 Å². The third-order valence-electron chi connectivity index (χ3n) is 4.64. The molecule has 0 unspecified atom stereocenters. The van der Waals surface area contributed by atoms with Gasteiger partial charge in [-0.25, -0.2) is 0 Å². The summed E-state index contributed by atoms with van der Waals surface area (Å²) in [6, 6.07) is 42.6. The van der Waals surface area contributed by atoms with Gasteiger partial charge in [-0.2, -0.15) is 0 Å². The fourth-order valence-electron chi connectivity index (χ4n) is 3.34. The Labute approximate surface area is 164 Å². The van der Waals surface area contributed by atoms with E-state index in [0.29, 0.717) is 9.76 Å². The summed E-state index contributed by atoms with van der Waals surface area (Å²) < 4.78 is 6.94.